The summed E-state index contributed by atoms with van der Waals surface area (Å²) >= 11 is 0. The largest absolute Gasteiger partial charge is 0.444 e. The standard InChI is InChI=1S/C18H23N3O2/c1-18(2,3)23-17(22)21-10-9-20-16(12-21)14-7-6-13-5-4-8-19-15(13)11-14/h4-8,11,16,20H,9-10,12H2,1-3H3. The van der Waals surface area contributed by atoms with Crippen LogP contribution in [0.1, 0.15) is 32.4 Å². The number of pyridine rings is 1. The third-order valence-corrected chi connectivity index (χ3v) is 3.86. The van der Waals surface area contributed by atoms with Crippen molar-refractivity contribution in [3.8, 4) is 0 Å². The van der Waals surface area contributed by atoms with Crippen molar-refractivity contribution in [1.82, 2.24) is 15.2 Å². The van der Waals surface area contributed by atoms with Gasteiger partial charge in [0.25, 0.3) is 0 Å². The number of carbonyl (C=O) groups excluding carboxylic acids is 1. The van der Waals surface area contributed by atoms with E-state index in [0.717, 1.165) is 23.0 Å². The van der Waals surface area contributed by atoms with Crippen molar-refractivity contribution in [1.29, 1.82) is 0 Å². The first kappa shape index (κ1) is 15.7. The van der Waals surface area contributed by atoms with E-state index >= 15 is 0 Å². The van der Waals surface area contributed by atoms with Crippen LogP contribution >= 0.6 is 0 Å². The maximum atomic E-state index is 12.3. The van der Waals surface area contributed by atoms with Gasteiger partial charge in [-0.25, -0.2) is 4.79 Å². The lowest BCUT2D eigenvalue weighted by Crippen LogP contribution is -2.49. The monoisotopic (exact) mass is 313 g/mol. The minimum atomic E-state index is -0.468. The Hall–Kier alpha value is -2.14. The van der Waals surface area contributed by atoms with Crippen molar-refractivity contribution in [3.05, 3.63) is 42.1 Å². The lowest BCUT2D eigenvalue weighted by Gasteiger charge is -2.35. The molecule has 0 spiro atoms. The van der Waals surface area contributed by atoms with Crippen molar-refractivity contribution in [2.45, 2.75) is 32.4 Å². The van der Waals surface area contributed by atoms with Crippen molar-refractivity contribution in [2.75, 3.05) is 19.6 Å². The van der Waals surface area contributed by atoms with Crippen LogP contribution in [0.2, 0.25) is 0 Å². The van der Waals surface area contributed by atoms with Gasteiger partial charge in [0, 0.05) is 31.2 Å². The number of fused-ring (bicyclic) bond motifs is 1. The Bertz CT molecular complexity index is 709. The van der Waals surface area contributed by atoms with Gasteiger partial charge in [0.05, 0.1) is 11.6 Å². The molecule has 23 heavy (non-hydrogen) atoms. The Morgan fingerprint density at radius 3 is 2.96 bits per heavy atom. The van der Waals surface area contributed by atoms with E-state index in [4.69, 9.17) is 4.74 Å². The van der Waals surface area contributed by atoms with Gasteiger partial charge in [0.15, 0.2) is 0 Å². The van der Waals surface area contributed by atoms with E-state index in [9.17, 15) is 4.79 Å². The highest BCUT2D eigenvalue weighted by Gasteiger charge is 2.28. The Kier molecular flexibility index (Phi) is 4.22. The fourth-order valence-corrected chi connectivity index (χ4v) is 2.77. The van der Waals surface area contributed by atoms with Gasteiger partial charge in [-0.05, 0) is 38.5 Å². The summed E-state index contributed by atoms with van der Waals surface area (Å²) in [5, 5.41) is 4.59. The molecular weight excluding hydrogens is 290 g/mol. The number of amides is 1. The number of carbonyl (C=O) groups is 1. The van der Waals surface area contributed by atoms with E-state index in [0.29, 0.717) is 13.1 Å². The fourth-order valence-electron chi connectivity index (χ4n) is 2.77. The molecule has 1 fully saturated rings. The molecule has 5 nitrogen and oxygen atoms in total. The van der Waals surface area contributed by atoms with Crippen LogP contribution in [0.5, 0.6) is 0 Å². The molecule has 3 rings (SSSR count). The molecule has 0 radical (unpaired) electrons. The van der Waals surface area contributed by atoms with E-state index in [1.807, 2.05) is 32.9 Å². The quantitative estimate of drug-likeness (QED) is 0.879. The fraction of sp³-hybridized carbons (Fsp3) is 0.444. The molecule has 1 saturated heterocycles. The number of ether oxygens (including phenoxy) is 1. The summed E-state index contributed by atoms with van der Waals surface area (Å²) in [5.41, 5.74) is 1.65. The number of benzene rings is 1. The van der Waals surface area contributed by atoms with E-state index in [2.05, 4.69) is 28.5 Å². The molecule has 122 valence electrons. The molecule has 1 aliphatic rings. The molecule has 2 aromatic rings. The average molecular weight is 313 g/mol. The third kappa shape index (κ3) is 3.79. The molecule has 0 aliphatic carbocycles. The second-order valence-electron chi connectivity index (χ2n) is 6.89. The molecule has 1 amide bonds. The van der Waals surface area contributed by atoms with Crippen LogP contribution in [0.4, 0.5) is 4.79 Å². The number of nitrogens with zero attached hydrogens (tertiary/aromatic N) is 2. The number of hydrogen-bond acceptors (Lipinski definition) is 4. The molecule has 5 heteroatoms. The molecule has 1 aromatic heterocycles. The summed E-state index contributed by atoms with van der Waals surface area (Å²) < 4.78 is 5.48. The molecule has 1 atom stereocenters. The van der Waals surface area contributed by atoms with Gasteiger partial charge < -0.3 is 15.0 Å². The smallest absolute Gasteiger partial charge is 0.410 e. The number of aromatic nitrogens is 1. The highest BCUT2D eigenvalue weighted by atomic mass is 16.6. The Morgan fingerprint density at radius 2 is 2.17 bits per heavy atom. The second kappa shape index (κ2) is 6.16. The van der Waals surface area contributed by atoms with Gasteiger partial charge in [-0.2, -0.15) is 0 Å². The Labute approximate surface area is 136 Å². The van der Waals surface area contributed by atoms with Crippen LogP contribution < -0.4 is 5.32 Å². The maximum Gasteiger partial charge on any atom is 0.410 e. The van der Waals surface area contributed by atoms with Crippen LogP contribution in [0.15, 0.2) is 36.5 Å². The highest BCUT2D eigenvalue weighted by molar-refractivity contribution is 5.79. The third-order valence-electron chi connectivity index (χ3n) is 3.86. The molecule has 0 saturated carbocycles. The first-order valence-electron chi connectivity index (χ1n) is 7.98. The normalized spacial score (nSPS) is 18.9. The van der Waals surface area contributed by atoms with E-state index in [1.54, 1.807) is 11.1 Å². The first-order valence-corrected chi connectivity index (χ1v) is 7.98. The van der Waals surface area contributed by atoms with E-state index in [-0.39, 0.29) is 12.1 Å². The Morgan fingerprint density at radius 1 is 1.35 bits per heavy atom. The maximum absolute atomic E-state index is 12.3. The summed E-state index contributed by atoms with van der Waals surface area (Å²) in [7, 11) is 0. The predicted molar refractivity (Wildman–Crippen MR) is 90.3 cm³/mol. The van der Waals surface area contributed by atoms with E-state index in [1.165, 1.54) is 0 Å². The topological polar surface area (TPSA) is 54.5 Å². The molecule has 1 aliphatic heterocycles. The van der Waals surface area contributed by atoms with Crippen LogP contribution in [0.3, 0.4) is 0 Å². The zero-order valence-electron chi connectivity index (χ0n) is 13.9. The molecule has 1 N–H and O–H groups in total. The van der Waals surface area contributed by atoms with Crippen LogP contribution in [-0.2, 0) is 4.74 Å². The zero-order chi connectivity index (χ0) is 16.4. The first-order chi connectivity index (χ1) is 10.9. The lowest BCUT2D eigenvalue weighted by molar-refractivity contribution is 0.0195. The number of hydrogen-bond donors (Lipinski definition) is 1. The predicted octanol–water partition coefficient (Wildman–Crippen LogP) is 3.12. The Balaban J connectivity index is 1.75. The molecular formula is C18H23N3O2. The lowest BCUT2D eigenvalue weighted by atomic mass is 10.0. The van der Waals surface area contributed by atoms with Gasteiger partial charge in [-0.15, -0.1) is 0 Å². The minimum absolute atomic E-state index is 0.0997. The molecule has 1 aromatic carbocycles. The van der Waals surface area contributed by atoms with Gasteiger partial charge in [0.1, 0.15) is 5.60 Å². The van der Waals surface area contributed by atoms with Crippen molar-refractivity contribution < 1.29 is 9.53 Å². The van der Waals surface area contributed by atoms with E-state index < -0.39 is 5.60 Å². The van der Waals surface area contributed by atoms with Crippen LogP contribution in [-0.4, -0.2) is 41.2 Å². The van der Waals surface area contributed by atoms with Crippen LogP contribution in [0, 0.1) is 0 Å². The van der Waals surface area contributed by atoms with Crippen molar-refractivity contribution >= 4 is 17.0 Å². The summed E-state index contributed by atoms with van der Waals surface area (Å²) in [4.78, 5) is 18.4. The summed E-state index contributed by atoms with van der Waals surface area (Å²) in [6, 6.07) is 10.3. The number of rotatable bonds is 1. The highest BCUT2D eigenvalue weighted by Crippen LogP contribution is 2.22. The zero-order valence-corrected chi connectivity index (χ0v) is 13.9. The van der Waals surface area contributed by atoms with Gasteiger partial charge in [-0.3, -0.25) is 4.98 Å². The number of piperazine rings is 1. The molecule has 0 bridgehead atoms. The van der Waals surface area contributed by atoms with Gasteiger partial charge in [0.2, 0.25) is 0 Å². The molecule has 1 unspecified atom stereocenters. The second-order valence-corrected chi connectivity index (χ2v) is 6.89. The summed E-state index contributed by atoms with van der Waals surface area (Å²) in [6.45, 7) is 7.69. The van der Waals surface area contributed by atoms with Crippen LogP contribution in [0.25, 0.3) is 10.9 Å². The molecule has 2 heterocycles. The van der Waals surface area contributed by atoms with Crippen molar-refractivity contribution in [2.24, 2.45) is 0 Å². The van der Waals surface area contributed by atoms with Gasteiger partial charge >= 0.3 is 6.09 Å². The average Bonchev–Trinajstić information content (AvgIpc) is 2.53. The SMILES string of the molecule is CC(C)(C)OC(=O)N1CCNC(c2ccc3cccnc3c2)C1. The van der Waals surface area contributed by atoms with Crippen molar-refractivity contribution in [3.63, 3.8) is 0 Å². The minimum Gasteiger partial charge on any atom is -0.444 e. The number of nitrogens with one attached hydrogen (secondary N) is 1. The van der Waals surface area contributed by atoms with Gasteiger partial charge in [-0.1, -0.05) is 18.2 Å². The summed E-state index contributed by atoms with van der Waals surface area (Å²) in [5.74, 6) is 0. The summed E-state index contributed by atoms with van der Waals surface area (Å²) in [6.07, 6.45) is 1.55.